The third-order valence-corrected chi connectivity index (χ3v) is 1.89. The summed E-state index contributed by atoms with van der Waals surface area (Å²) in [7, 11) is -5.71. The number of phosphoric acid groups is 1. The van der Waals surface area contributed by atoms with E-state index < -0.39 is 44.2 Å². The smallest absolute Gasteiger partial charge is 0.780 e. The fourth-order valence-corrected chi connectivity index (χ4v) is 1.16. The number of aliphatic hydroxyl groups is 1. The minimum Gasteiger partial charge on any atom is -0.780 e. The van der Waals surface area contributed by atoms with E-state index in [4.69, 9.17) is 5.11 Å². The van der Waals surface area contributed by atoms with Crippen LogP contribution in [0.15, 0.2) is 0 Å². The van der Waals surface area contributed by atoms with Crippen LogP contribution in [0.4, 0.5) is 0 Å². The maximum absolute atomic E-state index is 10.7. The average molecular weight is 522 g/mol. The molecule has 0 aliphatic carbocycles. The van der Waals surface area contributed by atoms with Gasteiger partial charge in [-0.3, -0.25) is 4.79 Å². The van der Waals surface area contributed by atoms with E-state index >= 15 is 0 Å². The molecule has 0 aliphatic rings. The first-order valence-corrected chi connectivity index (χ1v) is 5.30. The quantitative estimate of drug-likeness (QED) is 0.253. The van der Waals surface area contributed by atoms with Crippen LogP contribution < -0.4 is 138 Å². The van der Waals surface area contributed by atoms with Crippen molar-refractivity contribution in [2.24, 2.45) is 0 Å². The Kier molecular flexibility index (Phi) is 131. The van der Waals surface area contributed by atoms with E-state index in [0.29, 0.717) is 0 Å². The standard InChI is InChI=1S/C6H9O10P.4Na.9H2O/c7-3(8)1-6(12,5(10)11)2-4(9)16-17(13,14)15;;;;;;;;;;;;;/h12H,1-2H2,(H,7,8)(H,10,11)(H2,13,14,15);;;;;9*1H2/q;4*+1;;;;;;;;;/p-4. The Morgan fingerprint density at radius 2 is 1.00 bits per heavy atom. The molecule has 1 unspecified atom stereocenters. The first-order chi connectivity index (χ1) is 7.46. The van der Waals surface area contributed by atoms with Crippen molar-refractivity contribution in [1.82, 2.24) is 0 Å². The van der Waals surface area contributed by atoms with Gasteiger partial charge in [0, 0.05) is 12.4 Å². The van der Waals surface area contributed by atoms with Crippen LogP contribution >= 0.6 is 7.82 Å². The van der Waals surface area contributed by atoms with Gasteiger partial charge in [0.15, 0.2) is 0 Å². The molecule has 0 saturated heterocycles. The third kappa shape index (κ3) is 47.8. The van der Waals surface area contributed by atoms with Gasteiger partial charge in [-0.15, -0.1) is 0 Å². The molecule has 0 saturated carbocycles. The van der Waals surface area contributed by atoms with Gasteiger partial charge in [-0.25, -0.2) is 0 Å². The fourth-order valence-electron chi connectivity index (χ4n) is 0.841. The van der Waals surface area contributed by atoms with Crippen LogP contribution in [0.1, 0.15) is 12.8 Å². The Labute approximate surface area is 257 Å². The molecule has 19 N–H and O–H groups in total. The number of aliphatic carboxylic acids is 2. The summed E-state index contributed by atoms with van der Waals surface area (Å²) in [5.74, 6) is -6.31. The van der Waals surface area contributed by atoms with Crippen molar-refractivity contribution in [3.63, 3.8) is 0 Å². The van der Waals surface area contributed by atoms with Crippen molar-refractivity contribution in [1.29, 1.82) is 0 Å². The second-order valence-corrected chi connectivity index (χ2v) is 4.03. The maximum atomic E-state index is 10.7. The summed E-state index contributed by atoms with van der Waals surface area (Å²) in [6.45, 7) is 0. The second-order valence-electron chi connectivity index (χ2n) is 2.96. The molecule has 19 nitrogen and oxygen atoms in total. The SMILES string of the molecule is O.O.O.O.O.O.O.O.O.O=C([O-])CC(O)(CC(=O)OP(=O)([O-])[O-])C(=O)[O-].[Na+].[Na+].[Na+].[Na+]. The molecular formula is C6H23Na4O19P. The fraction of sp³-hybridized carbons (Fsp3) is 0.500. The number of carbonyl (C=O) groups excluding carboxylic acids is 3. The number of hydrogen-bond acceptors (Lipinski definition) is 10. The van der Waals surface area contributed by atoms with Crippen LogP contribution in [-0.4, -0.2) is 77.9 Å². The first kappa shape index (κ1) is 94.7. The second kappa shape index (κ2) is 41.4. The molecule has 0 amide bonds. The van der Waals surface area contributed by atoms with Gasteiger partial charge in [-0.1, -0.05) is 0 Å². The predicted octanol–water partition coefficient (Wildman–Crippen LogP) is -25.0. The number of rotatable bonds is 6. The van der Waals surface area contributed by atoms with Gasteiger partial charge in [0.1, 0.15) is 13.4 Å². The van der Waals surface area contributed by atoms with Crippen LogP contribution in [0.3, 0.4) is 0 Å². The molecule has 0 aromatic rings. The summed E-state index contributed by atoms with van der Waals surface area (Å²) in [6.07, 6.45) is -3.12. The van der Waals surface area contributed by atoms with Crippen LogP contribution in [0.5, 0.6) is 0 Å². The van der Waals surface area contributed by atoms with E-state index in [1.807, 2.05) is 0 Å². The van der Waals surface area contributed by atoms with Crippen molar-refractivity contribution in [3.8, 4) is 0 Å². The monoisotopic (exact) mass is 522 g/mol. The molecule has 30 heavy (non-hydrogen) atoms. The summed E-state index contributed by atoms with van der Waals surface area (Å²) in [5, 5.41) is 29.6. The van der Waals surface area contributed by atoms with Gasteiger partial charge in [-0.05, 0) is 0 Å². The molecule has 0 aromatic heterocycles. The Hall–Kier alpha value is 2.16. The summed E-state index contributed by atoms with van der Waals surface area (Å²) in [6, 6.07) is 0. The Morgan fingerprint density at radius 1 is 0.733 bits per heavy atom. The number of hydrogen-bond donors (Lipinski definition) is 1. The molecule has 170 valence electrons. The molecule has 1 atom stereocenters. The van der Waals surface area contributed by atoms with Crippen molar-refractivity contribution in [3.05, 3.63) is 0 Å². The Bertz CT molecular complexity index is 404. The molecular weight excluding hydrogens is 499 g/mol. The molecule has 0 bridgehead atoms. The molecule has 0 spiro atoms. The summed E-state index contributed by atoms with van der Waals surface area (Å²) in [5.41, 5.74) is -3.22. The minimum absolute atomic E-state index is 0. The summed E-state index contributed by atoms with van der Waals surface area (Å²) >= 11 is 0. The van der Waals surface area contributed by atoms with Gasteiger partial charge in [0.05, 0.1) is 12.4 Å². The predicted molar refractivity (Wildman–Crippen MR) is 70.4 cm³/mol. The van der Waals surface area contributed by atoms with Gasteiger partial charge in [0.25, 0.3) is 0 Å². The van der Waals surface area contributed by atoms with Crippen molar-refractivity contribution in [2.75, 3.05) is 0 Å². The Morgan fingerprint density at radius 3 is 1.17 bits per heavy atom. The van der Waals surface area contributed by atoms with Crippen LogP contribution in [-0.2, 0) is 23.5 Å². The van der Waals surface area contributed by atoms with E-state index in [-0.39, 0.29) is 168 Å². The third-order valence-electron chi connectivity index (χ3n) is 1.47. The van der Waals surface area contributed by atoms with E-state index in [2.05, 4.69) is 4.52 Å². The number of carbonyl (C=O) groups is 3. The normalized spacial score (nSPS) is 8.37. The van der Waals surface area contributed by atoms with Gasteiger partial charge >= 0.3 is 124 Å². The topological polar surface area (TPSA) is 473 Å². The van der Waals surface area contributed by atoms with Crippen molar-refractivity contribution in [2.45, 2.75) is 18.4 Å². The molecule has 0 fully saturated rings. The zero-order valence-electron chi connectivity index (χ0n) is 16.5. The van der Waals surface area contributed by atoms with E-state index in [1.165, 1.54) is 0 Å². The zero-order chi connectivity index (χ0) is 13.9. The Balaban J connectivity index is -0.0000000164. The van der Waals surface area contributed by atoms with Crippen LogP contribution in [0, 0.1) is 0 Å². The van der Waals surface area contributed by atoms with Gasteiger partial charge in [-0.2, -0.15) is 0 Å². The zero-order valence-corrected chi connectivity index (χ0v) is 25.4. The van der Waals surface area contributed by atoms with Gasteiger partial charge < -0.3 is 93.1 Å². The molecule has 0 radical (unpaired) electrons. The molecule has 0 heterocycles. The molecule has 0 aliphatic heterocycles. The summed E-state index contributed by atoms with van der Waals surface area (Å²) < 4.78 is 13.2. The molecule has 24 heteroatoms. The van der Waals surface area contributed by atoms with E-state index in [9.17, 15) is 38.9 Å². The largest absolute Gasteiger partial charge is 1.00 e. The van der Waals surface area contributed by atoms with E-state index in [0.717, 1.165) is 0 Å². The number of carboxylic acids is 2. The molecule has 0 aromatic carbocycles. The molecule has 0 rings (SSSR count). The maximum Gasteiger partial charge on any atom is 1.00 e. The van der Waals surface area contributed by atoms with Gasteiger partial charge in [0.2, 0.25) is 0 Å². The van der Waals surface area contributed by atoms with Crippen molar-refractivity contribution < 1.29 is 216 Å². The van der Waals surface area contributed by atoms with Crippen molar-refractivity contribution >= 4 is 25.7 Å². The van der Waals surface area contributed by atoms with Crippen LogP contribution in [0.2, 0.25) is 0 Å². The first-order valence-electron chi connectivity index (χ1n) is 3.84. The number of phosphoric ester groups is 1. The van der Waals surface area contributed by atoms with E-state index in [1.54, 1.807) is 0 Å². The average Bonchev–Trinajstić information content (AvgIpc) is 1.96. The van der Waals surface area contributed by atoms with Crippen LogP contribution in [0.25, 0.3) is 0 Å². The number of carboxylic acid groups (broad SMARTS) is 2. The summed E-state index contributed by atoms with van der Waals surface area (Å²) in [4.78, 5) is 51.1. The minimum atomic E-state index is -5.71.